The van der Waals surface area contributed by atoms with E-state index in [1.807, 2.05) is 55.6 Å². The number of aromatic hydroxyl groups is 1. The average molecular weight is 419 g/mol. The molecule has 2 heterocycles. The Balaban J connectivity index is 1.81. The number of hydrogen-bond donors (Lipinski definition) is 2. The summed E-state index contributed by atoms with van der Waals surface area (Å²) in [5, 5.41) is 16.1. The second-order valence-electron chi connectivity index (χ2n) is 7.25. The van der Waals surface area contributed by atoms with Crippen LogP contribution in [0.1, 0.15) is 12.5 Å². The summed E-state index contributed by atoms with van der Waals surface area (Å²) in [6.45, 7) is 3.61. The van der Waals surface area contributed by atoms with Crippen molar-refractivity contribution < 1.29 is 5.11 Å². The van der Waals surface area contributed by atoms with Crippen molar-refractivity contribution in [1.29, 1.82) is 0 Å². The highest BCUT2D eigenvalue weighted by Crippen LogP contribution is 2.37. The first-order valence-electron chi connectivity index (χ1n) is 9.81. The van der Waals surface area contributed by atoms with Crippen LogP contribution in [0.25, 0.3) is 22.0 Å². The van der Waals surface area contributed by atoms with E-state index in [0.29, 0.717) is 11.6 Å². The molecule has 0 bridgehead atoms. The second-order valence-corrected chi connectivity index (χ2v) is 7.69. The van der Waals surface area contributed by atoms with E-state index in [4.69, 9.17) is 11.6 Å². The first-order chi connectivity index (χ1) is 14.5. The topological polar surface area (TPSA) is 61.3 Å². The van der Waals surface area contributed by atoms with Crippen LogP contribution >= 0.6 is 11.6 Å². The van der Waals surface area contributed by atoms with Gasteiger partial charge in [-0.25, -0.2) is 0 Å². The number of rotatable bonds is 6. The highest BCUT2D eigenvalue weighted by atomic mass is 35.5. The molecule has 2 aromatic heterocycles. The molecule has 0 saturated heterocycles. The number of nitrogens with one attached hydrogen (secondary N) is 1. The zero-order valence-electron chi connectivity index (χ0n) is 16.9. The van der Waals surface area contributed by atoms with E-state index in [2.05, 4.69) is 27.1 Å². The van der Waals surface area contributed by atoms with E-state index in [9.17, 15) is 5.11 Å². The van der Waals surface area contributed by atoms with Gasteiger partial charge in [-0.1, -0.05) is 24.6 Å². The highest BCUT2D eigenvalue weighted by Gasteiger charge is 2.14. The lowest BCUT2D eigenvalue weighted by molar-refractivity contribution is 0.337. The molecular formula is C24H23ClN4O. The Hall–Kier alpha value is -3.15. The van der Waals surface area contributed by atoms with Crippen LogP contribution < -0.4 is 5.32 Å². The molecule has 0 fully saturated rings. The van der Waals surface area contributed by atoms with Crippen molar-refractivity contribution >= 4 is 33.9 Å². The molecule has 4 rings (SSSR count). The van der Waals surface area contributed by atoms with Crippen molar-refractivity contribution in [3.8, 4) is 16.9 Å². The summed E-state index contributed by atoms with van der Waals surface area (Å²) < 4.78 is 0. The van der Waals surface area contributed by atoms with Crippen molar-refractivity contribution in [1.82, 2.24) is 14.9 Å². The monoisotopic (exact) mass is 418 g/mol. The van der Waals surface area contributed by atoms with Gasteiger partial charge in [-0.2, -0.15) is 0 Å². The molecule has 0 atom stereocenters. The minimum absolute atomic E-state index is 0.278. The number of fused-ring (bicyclic) bond motifs is 1. The molecule has 0 radical (unpaired) electrons. The van der Waals surface area contributed by atoms with Crippen LogP contribution in [-0.2, 0) is 6.54 Å². The van der Waals surface area contributed by atoms with E-state index in [0.717, 1.165) is 45.5 Å². The highest BCUT2D eigenvalue weighted by molar-refractivity contribution is 6.31. The molecule has 0 aliphatic rings. The molecule has 2 N–H and O–H groups in total. The van der Waals surface area contributed by atoms with Crippen LogP contribution in [0.2, 0.25) is 5.02 Å². The number of phenolic OH excluding ortho intramolecular Hbond substituents is 1. The number of aromatic nitrogens is 2. The van der Waals surface area contributed by atoms with Crippen molar-refractivity contribution in [3.63, 3.8) is 0 Å². The van der Waals surface area contributed by atoms with Crippen LogP contribution in [0, 0.1) is 0 Å². The maximum atomic E-state index is 11.0. The van der Waals surface area contributed by atoms with Crippen molar-refractivity contribution in [3.05, 3.63) is 77.7 Å². The zero-order chi connectivity index (χ0) is 21.1. The molecule has 152 valence electrons. The zero-order valence-corrected chi connectivity index (χ0v) is 17.7. The lowest BCUT2D eigenvalue weighted by Crippen LogP contribution is -2.17. The lowest BCUT2D eigenvalue weighted by Gasteiger charge is -2.19. The first kappa shape index (κ1) is 20.1. The molecule has 0 aliphatic heterocycles. The van der Waals surface area contributed by atoms with Gasteiger partial charge in [-0.05, 0) is 56.1 Å². The van der Waals surface area contributed by atoms with E-state index in [1.54, 1.807) is 18.6 Å². The third kappa shape index (κ3) is 4.22. The standard InChI is InChI=1S/C24H23ClN4O/c1-3-29(2)15-17-11-19(13-21(24(17)30)16-5-4-9-26-14-16)28-22-8-10-27-23-12-18(25)6-7-20(22)23/h4-14,30H,3,15H2,1-2H3,(H,27,28). The predicted octanol–water partition coefficient (Wildman–Crippen LogP) is 5.85. The SMILES string of the molecule is CCN(C)Cc1cc(Nc2ccnc3cc(Cl)ccc23)cc(-c2cccnc2)c1O. The van der Waals surface area contributed by atoms with Crippen LogP contribution in [0.15, 0.2) is 67.1 Å². The average Bonchev–Trinajstić information content (AvgIpc) is 2.76. The summed E-state index contributed by atoms with van der Waals surface area (Å²) in [5.74, 6) is 0.278. The van der Waals surface area contributed by atoms with Gasteiger partial charge in [0, 0.05) is 63.6 Å². The van der Waals surface area contributed by atoms with Gasteiger partial charge in [0.05, 0.1) is 5.52 Å². The Morgan fingerprint density at radius 1 is 1.10 bits per heavy atom. The Morgan fingerprint density at radius 3 is 2.73 bits per heavy atom. The number of halogens is 1. The maximum absolute atomic E-state index is 11.0. The van der Waals surface area contributed by atoms with Crippen LogP contribution in [0.3, 0.4) is 0 Å². The van der Waals surface area contributed by atoms with Crippen molar-refractivity contribution in [2.24, 2.45) is 0 Å². The Bertz CT molecular complexity index is 1180. The van der Waals surface area contributed by atoms with Crippen LogP contribution in [0.5, 0.6) is 5.75 Å². The molecular weight excluding hydrogens is 396 g/mol. The third-order valence-electron chi connectivity index (χ3n) is 5.13. The molecule has 4 aromatic rings. The van der Waals surface area contributed by atoms with E-state index in [-0.39, 0.29) is 5.75 Å². The maximum Gasteiger partial charge on any atom is 0.128 e. The minimum atomic E-state index is 0.278. The van der Waals surface area contributed by atoms with E-state index >= 15 is 0 Å². The molecule has 5 nitrogen and oxygen atoms in total. The van der Waals surface area contributed by atoms with E-state index in [1.165, 1.54) is 0 Å². The molecule has 0 amide bonds. The van der Waals surface area contributed by atoms with Gasteiger partial charge < -0.3 is 15.3 Å². The molecule has 0 spiro atoms. The number of phenols is 1. The van der Waals surface area contributed by atoms with Crippen molar-refractivity contribution in [2.45, 2.75) is 13.5 Å². The summed E-state index contributed by atoms with van der Waals surface area (Å²) in [7, 11) is 2.03. The summed E-state index contributed by atoms with van der Waals surface area (Å²) in [6.07, 6.45) is 5.24. The molecule has 6 heteroatoms. The normalized spacial score (nSPS) is 11.2. The fraction of sp³-hybridized carbons (Fsp3) is 0.167. The third-order valence-corrected chi connectivity index (χ3v) is 5.36. The molecule has 0 aliphatic carbocycles. The fourth-order valence-electron chi connectivity index (χ4n) is 3.42. The predicted molar refractivity (Wildman–Crippen MR) is 123 cm³/mol. The largest absolute Gasteiger partial charge is 0.507 e. The quantitative estimate of drug-likeness (QED) is 0.384. The van der Waals surface area contributed by atoms with Crippen LogP contribution in [-0.4, -0.2) is 33.6 Å². The molecule has 0 saturated carbocycles. The van der Waals surface area contributed by atoms with Gasteiger partial charge in [0.2, 0.25) is 0 Å². The molecule has 2 aromatic carbocycles. The number of nitrogens with zero attached hydrogens (tertiary/aromatic N) is 3. The Morgan fingerprint density at radius 2 is 1.97 bits per heavy atom. The first-order valence-corrected chi connectivity index (χ1v) is 10.2. The molecule has 30 heavy (non-hydrogen) atoms. The second kappa shape index (κ2) is 8.69. The van der Waals surface area contributed by atoms with E-state index < -0.39 is 0 Å². The number of pyridine rings is 2. The summed E-state index contributed by atoms with van der Waals surface area (Å²) >= 11 is 6.12. The van der Waals surface area contributed by atoms with Gasteiger partial charge in [-0.3, -0.25) is 9.97 Å². The Kier molecular flexibility index (Phi) is 5.84. The van der Waals surface area contributed by atoms with Gasteiger partial charge in [-0.15, -0.1) is 0 Å². The summed E-state index contributed by atoms with van der Waals surface area (Å²) in [4.78, 5) is 10.8. The van der Waals surface area contributed by atoms with Gasteiger partial charge in [0.25, 0.3) is 0 Å². The van der Waals surface area contributed by atoms with Gasteiger partial charge in [0.1, 0.15) is 5.75 Å². The fourth-order valence-corrected chi connectivity index (χ4v) is 3.58. The molecule has 0 unspecified atom stereocenters. The summed E-state index contributed by atoms with van der Waals surface area (Å²) in [5.41, 5.74) is 5.09. The number of hydrogen-bond acceptors (Lipinski definition) is 5. The number of benzene rings is 2. The summed E-state index contributed by atoms with van der Waals surface area (Å²) in [6, 6.07) is 15.4. The van der Waals surface area contributed by atoms with Gasteiger partial charge >= 0.3 is 0 Å². The number of anilines is 2. The lowest BCUT2D eigenvalue weighted by atomic mass is 10.0. The minimum Gasteiger partial charge on any atom is -0.507 e. The van der Waals surface area contributed by atoms with Crippen molar-refractivity contribution in [2.75, 3.05) is 18.9 Å². The smallest absolute Gasteiger partial charge is 0.128 e. The Labute approximate surface area is 181 Å². The van der Waals surface area contributed by atoms with Gasteiger partial charge in [0.15, 0.2) is 0 Å². The van der Waals surface area contributed by atoms with Crippen LogP contribution in [0.4, 0.5) is 11.4 Å².